The van der Waals surface area contributed by atoms with E-state index < -0.39 is 0 Å². The molecule has 3 aliphatic rings. The highest BCUT2D eigenvalue weighted by Gasteiger charge is 2.47. The van der Waals surface area contributed by atoms with Crippen LogP contribution in [0.3, 0.4) is 0 Å². The van der Waals surface area contributed by atoms with E-state index >= 15 is 0 Å². The van der Waals surface area contributed by atoms with Gasteiger partial charge < -0.3 is 14.5 Å². The van der Waals surface area contributed by atoms with Crippen molar-refractivity contribution in [2.45, 2.75) is 6.04 Å². The highest BCUT2D eigenvalue weighted by Crippen LogP contribution is 2.44. The molecule has 0 bridgehead atoms. The predicted molar refractivity (Wildman–Crippen MR) is 114 cm³/mol. The van der Waals surface area contributed by atoms with E-state index in [1.165, 1.54) is 5.56 Å². The molecule has 2 aromatic carbocycles. The molecule has 0 radical (unpaired) electrons. The minimum atomic E-state index is 0.177. The topological polar surface area (TPSA) is 36.0 Å². The van der Waals surface area contributed by atoms with Gasteiger partial charge in [-0.25, -0.2) is 0 Å². The second-order valence-electron chi connectivity index (χ2n) is 8.55. The third kappa shape index (κ3) is 3.43. The van der Waals surface area contributed by atoms with E-state index in [4.69, 9.17) is 4.74 Å². The van der Waals surface area contributed by atoms with Gasteiger partial charge >= 0.3 is 0 Å². The van der Waals surface area contributed by atoms with E-state index in [9.17, 15) is 4.79 Å². The third-order valence-electron chi connectivity index (χ3n) is 6.81. The van der Waals surface area contributed by atoms with Crippen molar-refractivity contribution < 1.29 is 9.53 Å². The van der Waals surface area contributed by atoms with Crippen LogP contribution in [-0.4, -0.2) is 68.7 Å². The van der Waals surface area contributed by atoms with Crippen molar-refractivity contribution in [2.24, 2.45) is 11.8 Å². The maximum Gasteiger partial charge on any atom is 0.255 e. The standard InChI is InChI=1S/C24H29N3O2/c1-25-15-19-16-27(17-21(19)23(25)18-7-3-2-4-8-18)24(28)20-9-5-6-10-22(20)26-11-13-29-14-12-26/h2-10,19,21,23H,11-17H2,1H3/t19-,21+,23-/m0/s1. The first-order valence-corrected chi connectivity index (χ1v) is 10.7. The molecule has 29 heavy (non-hydrogen) atoms. The van der Waals surface area contributed by atoms with Crippen molar-refractivity contribution in [3.05, 3.63) is 65.7 Å². The average Bonchev–Trinajstić information content (AvgIpc) is 3.31. The number of anilines is 1. The maximum atomic E-state index is 13.5. The van der Waals surface area contributed by atoms with Crippen molar-refractivity contribution in [3.63, 3.8) is 0 Å². The molecule has 0 unspecified atom stereocenters. The molecular formula is C24H29N3O2. The molecule has 0 aliphatic carbocycles. The molecule has 3 aliphatic heterocycles. The minimum absolute atomic E-state index is 0.177. The fourth-order valence-electron chi connectivity index (χ4n) is 5.48. The quantitative estimate of drug-likeness (QED) is 0.806. The fraction of sp³-hybridized carbons (Fsp3) is 0.458. The van der Waals surface area contributed by atoms with Gasteiger partial charge in [-0.1, -0.05) is 42.5 Å². The zero-order chi connectivity index (χ0) is 19.8. The molecule has 0 aromatic heterocycles. The zero-order valence-corrected chi connectivity index (χ0v) is 17.0. The highest BCUT2D eigenvalue weighted by molar-refractivity contribution is 6.00. The Morgan fingerprint density at radius 2 is 1.66 bits per heavy atom. The molecule has 5 heteroatoms. The van der Waals surface area contributed by atoms with Gasteiger partial charge in [0.15, 0.2) is 0 Å². The van der Waals surface area contributed by atoms with E-state index in [-0.39, 0.29) is 5.91 Å². The molecule has 3 saturated heterocycles. The Morgan fingerprint density at radius 1 is 0.931 bits per heavy atom. The smallest absolute Gasteiger partial charge is 0.255 e. The lowest BCUT2D eigenvalue weighted by atomic mass is 9.90. The first-order valence-electron chi connectivity index (χ1n) is 10.7. The van der Waals surface area contributed by atoms with Gasteiger partial charge in [-0.2, -0.15) is 0 Å². The van der Waals surface area contributed by atoms with Gasteiger partial charge in [-0.05, 0) is 30.7 Å². The molecule has 1 amide bonds. The highest BCUT2D eigenvalue weighted by atomic mass is 16.5. The van der Waals surface area contributed by atoms with Gasteiger partial charge in [0.05, 0.1) is 18.8 Å². The Balaban J connectivity index is 1.37. The third-order valence-corrected chi connectivity index (χ3v) is 6.81. The van der Waals surface area contributed by atoms with Crippen molar-refractivity contribution in [1.29, 1.82) is 0 Å². The Kier molecular flexibility index (Phi) is 5.02. The summed E-state index contributed by atoms with van der Waals surface area (Å²) in [5.41, 5.74) is 3.25. The molecule has 3 fully saturated rings. The summed E-state index contributed by atoms with van der Waals surface area (Å²) >= 11 is 0. The lowest BCUT2D eigenvalue weighted by Gasteiger charge is -2.31. The molecule has 0 spiro atoms. The van der Waals surface area contributed by atoms with E-state index in [2.05, 4.69) is 58.1 Å². The number of fused-ring (bicyclic) bond motifs is 1. The van der Waals surface area contributed by atoms with Gasteiger partial charge in [-0.15, -0.1) is 0 Å². The first-order chi connectivity index (χ1) is 14.2. The summed E-state index contributed by atoms with van der Waals surface area (Å²) in [5, 5.41) is 0. The van der Waals surface area contributed by atoms with Crippen LogP contribution in [0.5, 0.6) is 0 Å². The van der Waals surface area contributed by atoms with Crippen molar-refractivity contribution >= 4 is 11.6 Å². The van der Waals surface area contributed by atoms with Gasteiger partial charge in [0.25, 0.3) is 5.91 Å². The molecule has 0 saturated carbocycles. The summed E-state index contributed by atoms with van der Waals surface area (Å²) in [6.45, 7) is 5.88. The molecule has 152 valence electrons. The molecule has 5 nitrogen and oxygen atoms in total. The number of nitrogens with zero attached hydrogens (tertiary/aromatic N) is 3. The van der Waals surface area contributed by atoms with E-state index in [0.717, 1.165) is 57.2 Å². The Bertz CT molecular complexity index is 865. The number of carbonyl (C=O) groups excluding carboxylic acids is 1. The van der Waals surface area contributed by atoms with Gasteiger partial charge in [0, 0.05) is 50.4 Å². The molecule has 2 aromatic rings. The minimum Gasteiger partial charge on any atom is -0.378 e. The van der Waals surface area contributed by atoms with Gasteiger partial charge in [-0.3, -0.25) is 9.69 Å². The summed E-state index contributed by atoms with van der Waals surface area (Å²) in [6, 6.07) is 19.2. The summed E-state index contributed by atoms with van der Waals surface area (Å²) in [6.07, 6.45) is 0. The van der Waals surface area contributed by atoms with Crippen molar-refractivity contribution in [1.82, 2.24) is 9.80 Å². The number of benzene rings is 2. The number of para-hydroxylation sites is 1. The molecule has 5 rings (SSSR count). The summed E-state index contributed by atoms with van der Waals surface area (Å²) in [4.78, 5) is 20.4. The number of likely N-dealkylation sites (tertiary alicyclic amines) is 2. The SMILES string of the molecule is CN1C[C@H]2CN(C(=O)c3ccccc3N3CCOCC3)C[C@H]2[C@@H]1c1ccccc1. The van der Waals surface area contributed by atoms with Crippen molar-refractivity contribution in [2.75, 3.05) is 57.9 Å². The molecule has 3 heterocycles. The van der Waals surface area contributed by atoms with E-state index in [0.29, 0.717) is 17.9 Å². The van der Waals surface area contributed by atoms with Crippen LogP contribution in [0.25, 0.3) is 0 Å². The largest absolute Gasteiger partial charge is 0.378 e. The average molecular weight is 392 g/mol. The normalized spacial score (nSPS) is 27.3. The lowest BCUT2D eigenvalue weighted by molar-refractivity contribution is 0.0767. The Hall–Kier alpha value is -2.37. The molecule has 3 atom stereocenters. The van der Waals surface area contributed by atoms with E-state index in [1.54, 1.807) is 0 Å². The van der Waals surface area contributed by atoms with Gasteiger partial charge in [0.2, 0.25) is 0 Å². The molecular weight excluding hydrogens is 362 g/mol. The van der Waals surface area contributed by atoms with Crippen LogP contribution in [0.1, 0.15) is 22.0 Å². The van der Waals surface area contributed by atoms with Crippen LogP contribution in [0.4, 0.5) is 5.69 Å². The number of rotatable bonds is 3. The summed E-state index contributed by atoms with van der Waals surface area (Å²) in [7, 11) is 2.22. The second kappa shape index (κ2) is 7.81. The summed E-state index contributed by atoms with van der Waals surface area (Å²) in [5.74, 6) is 1.22. The number of morpholine rings is 1. The second-order valence-corrected chi connectivity index (χ2v) is 8.55. The predicted octanol–water partition coefficient (Wildman–Crippen LogP) is 2.90. The molecule has 0 N–H and O–H groups in total. The Morgan fingerprint density at radius 3 is 2.45 bits per heavy atom. The van der Waals surface area contributed by atoms with E-state index in [1.807, 2.05) is 18.2 Å². The first kappa shape index (κ1) is 18.6. The Labute approximate surface area is 172 Å². The number of hydrogen-bond acceptors (Lipinski definition) is 4. The fourth-order valence-corrected chi connectivity index (χ4v) is 5.48. The number of hydrogen-bond donors (Lipinski definition) is 0. The van der Waals surface area contributed by atoms with Crippen LogP contribution >= 0.6 is 0 Å². The zero-order valence-electron chi connectivity index (χ0n) is 17.0. The van der Waals surface area contributed by atoms with Crippen LogP contribution in [0.2, 0.25) is 0 Å². The lowest BCUT2D eigenvalue weighted by Crippen LogP contribution is -2.39. The van der Waals surface area contributed by atoms with Crippen LogP contribution in [0.15, 0.2) is 54.6 Å². The van der Waals surface area contributed by atoms with Crippen LogP contribution < -0.4 is 4.90 Å². The monoisotopic (exact) mass is 391 g/mol. The summed E-state index contributed by atoms with van der Waals surface area (Å²) < 4.78 is 5.49. The van der Waals surface area contributed by atoms with Crippen LogP contribution in [-0.2, 0) is 4.74 Å². The maximum absolute atomic E-state index is 13.5. The van der Waals surface area contributed by atoms with Crippen molar-refractivity contribution in [3.8, 4) is 0 Å². The number of amides is 1. The number of carbonyl (C=O) groups is 1. The van der Waals surface area contributed by atoms with Gasteiger partial charge in [0.1, 0.15) is 0 Å². The van der Waals surface area contributed by atoms with Crippen LogP contribution in [0, 0.1) is 11.8 Å². The number of ether oxygens (including phenoxy) is 1.